The van der Waals surface area contributed by atoms with E-state index in [4.69, 9.17) is 4.84 Å². The normalized spacial score (nSPS) is 20.7. The van der Waals surface area contributed by atoms with Crippen molar-refractivity contribution in [1.82, 2.24) is 0 Å². The van der Waals surface area contributed by atoms with Gasteiger partial charge in [-0.15, -0.1) is 0 Å². The SMILES string of the molecule is Cc1cccc([C@@H]2C(c3ccccc3)=NO[C@H]2[N+](=O)[O-])c1. The van der Waals surface area contributed by atoms with Gasteiger partial charge in [0.15, 0.2) is 0 Å². The molecule has 2 aromatic carbocycles. The Morgan fingerprint density at radius 1 is 1.14 bits per heavy atom. The minimum atomic E-state index is -1.18. The van der Waals surface area contributed by atoms with Crippen molar-refractivity contribution in [3.05, 3.63) is 81.4 Å². The Morgan fingerprint density at radius 3 is 2.57 bits per heavy atom. The molecule has 0 N–H and O–H groups in total. The number of nitro groups is 1. The lowest BCUT2D eigenvalue weighted by Crippen LogP contribution is -2.29. The molecule has 1 aliphatic rings. The van der Waals surface area contributed by atoms with Gasteiger partial charge < -0.3 is 4.84 Å². The van der Waals surface area contributed by atoms with Crippen LogP contribution in [0.1, 0.15) is 22.6 Å². The van der Waals surface area contributed by atoms with E-state index in [9.17, 15) is 10.1 Å². The molecule has 0 fully saturated rings. The van der Waals surface area contributed by atoms with E-state index in [0.29, 0.717) is 5.71 Å². The van der Waals surface area contributed by atoms with Crippen molar-refractivity contribution >= 4 is 5.71 Å². The van der Waals surface area contributed by atoms with E-state index in [0.717, 1.165) is 16.7 Å². The molecule has 106 valence electrons. The number of hydrogen-bond donors (Lipinski definition) is 0. The molecule has 0 spiro atoms. The molecule has 5 heteroatoms. The van der Waals surface area contributed by atoms with Gasteiger partial charge in [-0.3, -0.25) is 10.1 Å². The van der Waals surface area contributed by atoms with Gasteiger partial charge in [0.2, 0.25) is 0 Å². The monoisotopic (exact) mass is 282 g/mol. The molecule has 5 nitrogen and oxygen atoms in total. The summed E-state index contributed by atoms with van der Waals surface area (Å²) in [5.74, 6) is -0.498. The Hall–Kier alpha value is -2.69. The molecule has 0 radical (unpaired) electrons. The molecule has 0 amide bonds. The number of nitrogens with zero attached hydrogens (tertiary/aromatic N) is 2. The highest BCUT2D eigenvalue weighted by atomic mass is 16.7. The summed E-state index contributed by atoms with van der Waals surface area (Å²) >= 11 is 0. The molecule has 2 aromatic rings. The molecule has 0 aromatic heterocycles. The predicted octanol–water partition coefficient (Wildman–Crippen LogP) is 3.12. The minimum Gasteiger partial charge on any atom is -0.320 e. The Morgan fingerprint density at radius 2 is 1.90 bits per heavy atom. The van der Waals surface area contributed by atoms with Crippen molar-refractivity contribution in [3.63, 3.8) is 0 Å². The summed E-state index contributed by atoms with van der Waals surface area (Å²) in [5, 5.41) is 15.2. The van der Waals surface area contributed by atoms with Gasteiger partial charge in [-0.25, -0.2) is 0 Å². The second-order valence-corrected chi connectivity index (χ2v) is 5.02. The smallest absolute Gasteiger partial charge is 0.320 e. The summed E-state index contributed by atoms with van der Waals surface area (Å²) in [6.07, 6.45) is -1.18. The van der Waals surface area contributed by atoms with Crippen LogP contribution in [0.25, 0.3) is 0 Å². The van der Waals surface area contributed by atoms with E-state index in [1.807, 2.05) is 61.5 Å². The van der Waals surface area contributed by atoms with Crippen LogP contribution < -0.4 is 0 Å². The fourth-order valence-corrected chi connectivity index (χ4v) is 2.55. The number of hydrogen-bond acceptors (Lipinski definition) is 4. The van der Waals surface area contributed by atoms with Gasteiger partial charge >= 0.3 is 6.23 Å². The molecule has 0 unspecified atom stereocenters. The van der Waals surface area contributed by atoms with E-state index >= 15 is 0 Å². The number of oxime groups is 1. The lowest BCUT2D eigenvalue weighted by Gasteiger charge is -2.14. The van der Waals surface area contributed by atoms with Crippen LogP contribution in [0.3, 0.4) is 0 Å². The van der Waals surface area contributed by atoms with Crippen LogP contribution in [0.4, 0.5) is 0 Å². The number of rotatable bonds is 3. The van der Waals surface area contributed by atoms with Crippen molar-refractivity contribution in [2.75, 3.05) is 0 Å². The highest BCUT2D eigenvalue weighted by molar-refractivity contribution is 6.05. The second kappa shape index (κ2) is 5.36. The lowest BCUT2D eigenvalue weighted by atomic mass is 9.88. The molecular formula is C16H14N2O3. The Kier molecular flexibility index (Phi) is 3.39. The van der Waals surface area contributed by atoms with Gasteiger partial charge in [-0.2, -0.15) is 0 Å². The minimum absolute atomic E-state index is 0.424. The molecule has 2 atom stereocenters. The highest BCUT2D eigenvalue weighted by Crippen LogP contribution is 2.33. The molecule has 0 saturated heterocycles. The van der Waals surface area contributed by atoms with Crippen LogP contribution in [0, 0.1) is 17.0 Å². The standard InChI is InChI=1S/C16H14N2O3/c1-11-6-5-9-13(10-11)14-15(12-7-3-2-4-8-12)17-21-16(14)18(19)20/h2-10,14,16H,1H3/t14-,16-/m1/s1. The molecule has 0 bridgehead atoms. The lowest BCUT2D eigenvalue weighted by molar-refractivity contribution is -0.574. The van der Waals surface area contributed by atoms with Crippen LogP contribution in [-0.2, 0) is 4.84 Å². The maximum Gasteiger partial charge on any atom is 0.387 e. The summed E-state index contributed by atoms with van der Waals surface area (Å²) < 4.78 is 0. The maximum atomic E-state index is 11.3. The Labute approximate surface area is 122 Å². The molecule has 1 aliphatic heterocycles. The zero-order valence-electron chi connectivity index (χ0n) is 11.5. The van der Waals surface area contributed by atoms with Crippen LogP contribution in [0.15, 0.2) is 59.8 Å². The Bertz CT molecular complexity index is 698. The maximum absolute atomic E-state index is 11.3. The summed E-state index contributed by atoms with van der Waals surface area (Å²) in [5.41, 5.74) is 3.34. The average molecular weight is 282 g/mol. The number of aryl methyl sites for hydroxylation is 1. The van der Waals surface area contributed by atoms with Gasteiger partial charge in [0.25, 0.3) is 0 Å². The van der Waals surface area contributed by atoms with E-state index in [2.05, 4.69) is 5.16 Å². The molecular weight excluding hydrogens is 268 g/mol. The Balaban J connectivity index is 2.06. The van der Waals surface area contributed by atoms with Crippen molar-refractivity contribution in [1.29, 1.82) is 0 Å². The first-order valence-electron chi connectivity index (χ1n) is 6.66. The molecule has 0 saturated carbocycles. The van der Waals surface area contributed by atoms with Gasteiger partial charge in [0.05, 0.1) is 4.92 Å². The van der Waals surface area contributed by atoms with E-state index in [1.165, 1.54) is 0 Å². The van der Waals surface area contributed by atoms with Crippen molar-refractivity contribution in [2.45, 2.75) is 19.1 Å². The molecule has 1 heterocycles. The van der Waals surface area contributed by atoms with Crippen LogP contribution in [0.2, 0.25) is 0 Å². The second-order valence-electron chi connectivity index (χ2n) is 5.02. The van der Waals surface area contributed by atoms with E-state index in [1.54, 1.807) is 0 Å². The summed E-state index contributed by atoms with van der Waals surface area (Å²) in [7, 11) is 0. The predicted molar refractivity (Wildman–Crippen MR) is 78.8 cm³/mol. The first-order valence-corrected chi connectivity index (χ1v) is 6.66. The van der Waals surface area contributed by atoms with Crippen molar-refractivity contribution in [2.24, 2.45) is 5.16 Å². The van der Waals surface area contributed by atoms with Gasteiger partial charge in [-0.1, -0.05) is 65.3 Å². The molecule has 3 rings (SSSR count). The molecule has 21 heavy (non-hydrogen) atoms. The topological polar surface area (TPSA) is 64.7 Å². The van der Waals surface area contributed by atoms with E-state index < -0.39 is 17.1 Å². The van der Waals surface area contributed by atoms with E-state index in [-0.39, 0.29) is 0 Å². The zero-order valence-corrected chi connectivity index (χ0v) is 11.5. The summed E-state index contributed by atoms with van der Waals surface area (Å²) in [4.78, 5) is 15.9. The van der Waals surface area contributed by atoms with Gasteiger partial charge in [-0.05, 0) is 12.5 Å². The molecule has 0 aliphatic carbocycles. The third kappa shape index (κ3) is 2.50. The van der Waals surface area contributed by atoms with Crippen LogP contribution in [-0.4, -0.2) is 16.9 Å². The van der Waals surface area contributed by atoms with Crippen molar-refractivity contribution < 1.29 is 9.76 Å². The fourth-order valence-electron chi connectivity index (χ4n) is 2.55. The number of benzene rings is 2. The summed E-state index contributed by atoms with van der Waals surface area (Å²) in [6.45, 7) is 1.96. The first-order chi connectivity index (χ1) is 10.2. The van der Waals surface area contributed by atoms with Crippen molar-refractivity contribution in [3.8, 4) is 0 Å². The van der Waals surface area contributed by atoms with Gasteiger partial charge in [0.1, 0.15) is 11.6 Å². The quantitative estimate of drug-likeness (QED) is 0.641. The largest absolute Gasteiger partial charge is 0.387 e. The zero-order chi connectivity index (χ0) is 14.8. The van der Waals surface area contributed by atoms with Crippen LogP contribution >= 0.6 is 0 Å². The fraction of sp³-hybridized carbons (Fsp3) is 0.188. The third-order valence-corrected chi connectivity index (χ3v) is 3.52. The average Bonchev–Trinajstić information content (AvgIpc) is 2.93. The van der Waals surface area contributed by atoms with Crippen LogP contribution in [0.5, 0.6) is 0 Å². The third-order valence-electron chi connectivity index (χ3n) is 3.52. The summed E-state index contributed by atoms with van der Waals surface area (Å²) in [6, 6.07) is 17.1. The first kappa shape index (κ1) is 13.3. The highest BCUT2D eigenvalue weighted by Gasteiger charge is 2.44. The van der Waals surface area contributed by atoms with Gasteiger partial charge in [0, 0.05) is 5.56 Å².